The highest BCUT2D eigenvalue weighted by Gasteiger charge is 2.13. The molecule has 1 aliphatic heterocycles. The molecule has 1 rings (SSSR count). The second-order valence-electron chi connectivity index (χ2n) is 2.51. The molecule has 0 bridgehead atoms. The molecule has 0 aromatic rings. The molecule has 0 aliphatic carbocycles. The highest BCUT2D eigenvalue weighted by Crippen LogP contribution is 2.04. The summed E-state index contributed by atoms with van der Waals surface area (Å²) in [7, 11) is 3.25. The zero-order valence-electron chi connectivity index (χ0n) is 9.09. The Bertz CT molecular complexity index is 80.1. The lowest BCUT2D eigenvalue weighted by Crippen LogP contribution is -1.85. The van der Waals surface area contributed by atoms with Gasteiger partial charge in [0.2, 0.25) is 0 Å². The highest BCUT2D eigenvalue weighted by molar-refractivity contribution is 6.18. The Balaban J connectivity index is 0. The third kappa shape index (κ3) is 29.4. The predicted octanol–water partition coefficient (Wildman–Crippen LogP) is 2.15. The first-order chi connectivity index (χ1) is 6.72. The van der Waals surface area contributed by atoms with Crippen molar-refractivity contribution in [2.45, 2.75) is 13.0 Å². The number of hydrogen-bond donors (Lipinski definition) is 0. The normalized spacial score (nSPS) is 17.4. The van der Waals surface area contributed by atoms with Gasteiger partial charge in [0.25, 0.3) is 0 Å². The molecule has 1 fully saturated rings. The molecule has 0 radical (unpaired) electrons. The van der Waals surface area contributed by atoms with Gasteiger partial charge in [-0.2, -0.15) is 0 Å². The average Bonchev–Trinajstić information content (AvgIpc) is 2.93. The monoisotopic (exact) mass is 246 g/mol. The number of rotatable bonds is 4. The van der Waals surface area contributed by atoms with Crippen molar-refractivity contribution in [2.24, 2.45) is 0 Å². The average molecular weight is 247 g/mol. The first-order valence-electron chi connectivity index (χ1n) is 4.44. The molecule has 0 N–H and O–H groups in total. The first-order valence-corrected chi connectivity index (χ1v) is 5.51. The molecule has 1 atom stereocenters. The van der Waals surface area contributed by atoms with E-state index in [1.54, 1.807) is 14.2 Å². The summed E-state index contributed by atoms with van der Waals surface area (Å²) < 4.78 is 13.8. The van der Waals surface area contributed by atoms with Gasteiger partial charge in [-0.25, -0.2) is 0 Å². The van der Waals surface area contributed by atoms with Crippen LogP contribution in [0.2, 0.25) is 0 Å². The van der Waals surface area contributed by atoms with Crippen molar-refractivity contribution in [1.82, 2.24) is 0 Å². The maximum Gasteiger partial charge on any atom is 0.0781 e. The maximum atomic E-state index is 5.18. The largest absolute Gasteiger partial charge is 0.383 e. The van der Waals surface area contributed by atoms with Crippen LogP contribution in [-0.4, -0.2) is 51.9 Å². The Labute approximate surface area is 96.6 Å². The van der Waals surface area contributed by atoms with E-state index in [1.165, 1.54) is 0 Å². The van der Waals surface area contributed by atoms with E-state index in [1.807, 2.05) is 0 Å². The molecule has 1 unspecified atom stereocenters. The van der Waals surface area contributed by atoms with E-state index in [4.69, 9.17) is 27.9 Å². The number of halogens is 2. The molecule has 88 valence electrons. The van der Waals surface area contributed by atoms with Gasteiger partial charge in [0.05, 0.1) is 25.9 Å². The van der Waals surface area contributed by atoms with Crippen LogP contribution in [-0.2, 0) is 14.2 Å². The molecular weight excluding hydrogens is 227 g/mol. The number of alkyl halides is 2. The molecule has 3 nitrogen and oxygen atoms in total. The van der Waals surface area contributed by atoms with Crippen LogP contribution in [0.3, 0.4) is 0 Å². The topological polar surface area (TPSA) is 31.0 Å². The van der Waals surface area contributed by atoms with Crippen LogP contribution in [0.1, 0.15) is 6.92 Å². The van der Waals surface area contributed by atoms with E-state index in [2.05, 4.69) is 16.4 Å². The van der Waals surface area contributed by atoms with Crippen LogP contribution in [0.15, 0.2) is 0 Å². The lowest BCUT2D eigenvalue weighted by molar-refractivity contribution is 0.218. The van der Waals surface area contributed by atoms with Gasteiger partial charge in [0, 0.05) is 26.0 Å². The van der Waals surface area contributed by atoms with Gasteiger partial charge in [-0.3, -0.25) is 0 Å². The van der Waals surface area contributed by atoms with Crippen LogP contribution < -0.4 is 0 Å². The minimum atomic E-state index is 0.583. The Morgan fingerprint density at radius 2 is 1.43 bits per heavy atom. The zero-order chi connectivity index (χ0) is 11.2. The van der Waals surface area contributed by atoms with Gasteiger partial charge in [0.15, 0.2) is 0 Å². The van der Waals surface area contributed by atoms with Crippen molar-refractivity contribution < 1.29 is 14.2 Å². The summed E-state index contributed by atoms with van der Waals surface area (Å²) in [5.74, 6) is 1.19. The maximum absolute atomic E-state index is 5.18. The quantitative estimate of drug-likeness (QED) is 0.563. The molecule has 0 aromatic carbocycles. The van der Waals surface area contributed by atoms with Crippen LogP contribution >= 0.6 is 23.2 Å². The van der Waals surface area contributed by atoms with Crippen LogP contribution in [0.5, 0.6) is 0 Å². The molecule has 14 heavy (non-hydrogen) atoms. The standard InChI is InChI=1S/2C3H7ClO.C3H6O/c2*1-5-3-2-4;1-3-2-4-3/h2*2-3H2,1H3;3H,2H2,1H3. The van der Waals surface area contributed by atoms with E-state index >= 15 is 0 Å². The van der Waals surface area contributed by atoms with E-state index in [-0.39, 0.29) is 0 Å². The Morgan fingerprint density at radius 3 is 1.43 bits per heavy atom. The fraction of sp³-hybridized carbons (Fsp3) is 1.00. The SMILES string of the molecule is CC1CO1.COCCCl.COCCCl. The molecule has 0 spiro atoms. The fourth-order valence-electron chi connectivity index (χ4n) is 0.251. The van der Waals surface area contributed by atoms with Gasteiger partial charge >= 0.3 is 0 Å². The Hall–Kier alpha value is 0.460. The third-order valence-electron chi connectivity index (χ3n) is 1.06. The van der Waals surface area contributed by atoms with Crippen LogP contribution in [0.4, 0.5) is 0 Å². The zero-order valence-corrected chi connectivity index (χ0v) is 10.6. The molecule has 1 heterocycles. The lowest BCUT2D eigenvalue weighted by atomic mass is 10.6. The van der Waals surface area contributed by atoms with Gasteiger partial charge in [-0.1, -0.05) is 0 Å². The van der Waals surface area contributed by atoms with E-state index < -0.39 is 0 Å². The number of epoxide rings is 1. The Kier molecular flexibility index (Phi) is 19.2. The van der Waals surface area contributed by atoms with Crippen molar-refractivity contribution in [3.05, 3.63) is 0 Å². The summed E-state index contributed by atoms with van der Waals surface area (Å²) in [6, 6.07) is 0. The predicted molar refractivity (Wildman–Crippen MR) is 60.6 cm³/mol. The van der Waals surface area contributed by atoms with Crippen molar-refractivity contribution in [3.8, 4) is 0 Å². The smallest absolute Gasteiger partial charge is 0.0781 e. The number of methoxy groups -OCH3 is 2. The van der Waals surface area contributed by atoms with Gasteiger partial charge in [-0.15, -0.1) is 23.2 Å². The van der Waals surface area contributed by atoms with Gasteiger partial charge in [0.1, 0.15) is 0 Å². The van der Waals surface area contributed by atoms with Crippen molar-refractivity contribution in [3.63, 3.8) is 0 Å². The second kappa shape index (κ2) is 15.9. The fourth-order valence-corrected chi connectivity index (χ4v) is 0.559. The van der Waals surface area contributed by atoms with Gasteiger partial charge in [-0.05, 0) is 6.92 Å². The molecule has 0 aromatic heterocycles. The molecule has 0 amide bonds. The summed E-state index contributed by atoms with van der Waals surface area (Å²) in [5.41, 5.74) is 0. The van der Waals surface area contributed by atoms with Gasteiger partial charge < -0.3 is 14.2 Å². The second-order valence-corrected chi connectivity index (χ2v) is 3.26. The number of hydrogen-bond acceptors (Lipinski definition) is 3. The molecule has 0 saturated carbocycles. The summed E-state index contributed by atoms with van der Waals surface area (Å²) >= 11 is 10.4. The first kappa shape index (κ1) is 16.9. The van der Waals surface area contributed by atoms with Crippen LogP contribution in [0, 0.1) is 0 Å². The van der Waals surface area contributed by atoms with Crippen LogP contribution in [0.25, 0.3) is 0 Å². The molecular formula is C9H20Cl2O3. The molecule has 1 aliphatic rings. The molecule has 1 saturated heterocycles. The summed E-state index contributed by atoms with van der Waals surface area (Å²) in [5, 5.41) is 0. The van der Waals surface area contributed by atoms with E-state index in [0.29, 0.717) is 31.1 Å². The van der Waals surface area contributed by atoms with E-state index in [9.17, 15) is 0 Å². The minimum absolute atomic E-state index is 0.583. The highest BCUT2D eigenvalue weighted by atomic mass is 35.5. The minimum Gasteiger partial charge on any atom is -0.383 e. The summed E-state index contributed by atoms with van der Waals surface area (Å²) in [6.07, 6.45) is 0.583. The van der Waals surface area contributed by atoms with Crippen molar-refractivity contribution in [2.75, 3.05) is 45.8 Å². The summed E-state index contributed by atoms with van der Waals surface area (Å²) in [4.78, 5) is 0. The summed E-state index contributed by atoms with van der Waals surface area (Å²) in [6.45, 7) is 4.35. The molecule has 5 heteroatoms. The Morgan fingerprint density at radius 1 is 1.14 bits per heavy atom. The number of ether oxygens (including phenoxy) is 3. The van der Waals surface area contributed by atoms with E-state index in [0.717, 1.165) is 6.61 Å². The third-order valence-corrected chi connectivity index (χ3v) is 1.37. The van der Waals surface area contributed by atoms with Crippen molar-refractivity contribution >= 4 is 23.2 Å². The lowest BCUT2D eigenvalue weighted by Gasteiger charge is -1.82. The van der Waals surface area contributed by atoms with Crippen molar-refractivity contribution in [1.29, 1.82) is 0 Å².